The summed E-state index contributed by atoms with van der Waals surface area (Å²) in [5.41, 5.74) is 0.657. The van der Waals surface area contributed by atoms with Crippen molar-refractivity contribution >= 4 is 11.9 Å². The van der Waals surface area contributed by atoms with Gasteiger partial charge in [-0.15, -0.1) is 0 Å². The van der Waals surface area contributed by atoms with E-state index in [0.717, 1.165) is 26.0 Å². The topological polar surface area (TPSA) is 84.0 Å². The first kappa shape index (κ1) is 21.1. The lowest BCUT2D eigenvalue weighted by atomic mass is 10.1. The molecule has 1 fully saturated rings. The SMILES string of the molecule is CN=C(NCCCOC1CCOC1)NCCNC(=O)Cc1cccc(F)c1. The zero-order valence-corrected chi connectivity index (χ0v) is 15.8. The van der Waals surface area contributed by atoms with Crippen molar-refractivity contribution in [3.8, 4) is 0 Å². The molecule has 0 aromatic heterocycles. The molecule has 3 N–H and O–H groups in total. The number of aliphatic imine (C=N–C) groups is 1. The third kappa shape index (κ3) is 8.83. The lowest BCUT2D eigenvalue weighted by Crippen LogP contribution is -2.42. The Kier molecular flexibility index (Phi) is 9.57. The smallest absolute Gasteiger partial charge is 0.224 e. The molecule has 7 nitrogen and oxygen atoms in total. The van der Waals surface area contributed by atoms with Crippen LogP contribution in [0.2, 0.25) is 0 Å². The number of nitrogens with one attached hydrogen (secondary N) is 3. The molecule has 27 heavy (non-hydrogen) atoms. The number of carbonyl (C=O) groups is 1. The van der Waals surface area contributed by atoms with Crippen LogP contribution < -0.4 is 16.0 Å². The fraction of sp³-hybridized carbons (Fsp3) is 0.579. The summed E-state index contributed by atoms with van der Waals surface area (Å²) in [6.45, 7) is 3.93. The standard InChI is InChI=1S/C19H29FN4O3/c1-21-19(23-7-3-10-27-17-6-11-26-14-17)24-9-8-22-18(25)13-15-4-2-5-16(20)12-15/h2,4-5,12,17H,3,6-11,13-14H2,1H3,(H,22,25)(H2,21,23,24). The van der Waals surface area contributed by atoms with Gasteiger partial charge in [-0.1, -0.05) is 12.1 Å². The minimum Gasteiger partial charge on any atom is -0.379 e. The first-order chi connectivity index (χ1) is 13.2. The summed E-state index contributed by atoms with van der Waals surface area (Å²) in [5.74, 6) is 0.204. The van der Waals surface area contributed by atoms with E-state index in [-0.39, 0.29) is 24.2 Å². The average molecular weight is 380 g/mol. The van der Waals surface area contributed by atoms with E-state index < -0.39 is 0 Å². The van der Waals surface area contributed by atoms with Gasteiger partial charge in [-0.3, -0.25) is 9.79 Å². The maximum atomic E-state index is 13.1. The van der Waals surface area contributed by atoms with Gasteiger partial charge in [-0.25, -0.2) is 4.39 Å². The first-order valence-corrected chi connectivity index (χ1v) is 9.32. The normalized spacial score (nSPS) is 17.0. The summed E-state index contributed by atoms with van der Waals surface area (Å²) in [5, 5.41) is 9.13. The first-order valence-electron chi connectivity index (χ1n) is 9.32. The second-order valence-electron chi connectivity index (χ2n) is 6.29. The molecule has 150 valence electrons. The summed E-state index contributed by atoms with van der Waals surface area (Å²) in [6, 6.07) is 6.06. The number of benzene rings is 1. The van der Waals surface area contributed by atoms with E-state index in [1.54, 1.807) is 19.2 Å². The van der Waals surface area contributed by atoms with E-state index in [1.165, 1.54) is 12.1 Å². The number of rotatable bonds is 10. The molecular weight excluding hydrogens is 351 g/mol. The average Bonchev–Trinajstić information content (AvgIpc) is 3.16. The van der Waals surface area contributed by atoms with E-state index in [2.05, 4.69) is 20.9 Å². The largest absolute Gasteiger partial charge is 0.379 e. The van der Waals surface area contributed by atoms with Crippen LogP contribution in [0.5, 0.6) is 0 Å². The molecule has 0 radical (unpaired) electrons. The van der Waals surface area contributed by atoms with Gasteiger partial charge in [-0.2, -0.15) is 0 Å². The summed E-state index contributed by atoms with van der Waals surface area (Å²) in [7, 11) is 1.70. The van der Waals surface area contributed by atoms with Crippen LogP contribution >= 0.6 is 0 Å². The van der Waals surface area contributed by atoms with Crippen molar-refractivity contribution < 1.29 is 18.7 Å². The van der Waals surface area contributed by atoms with Gasteiger partial charge in [0.1, 0.15) is 5.82 Å². The van der Waals surface area contributed by atoms with Crippen LogP contribution in [0.4, 0.5) is 4.39 Å². The zero-order chi connectivity index (χ0) is 19.3. The van der Waals surface area contributed by atoms with Gasteiger partial charge in [0, 0.05) is 39.9 Å². The van der Waals surface area contributed by atoms with Crippen molar-refractivity contribution in [1.82, 2.24) is 16.0 Å². The third-order valence-corrected chi connectivity index (χ3v) is 4.07. The zero-order valence-electron chi connectivity index (χ0n) is 15.8. The van der Waals surface area contributed by atoms with Gasteiger partial charge >= 0.3 is 0 Å². The van der Waals surface area contributed by atoms with Gasteiger partial charge in [0.05, 0.1) is 19.1 Å². The quantitative estimate of drug-likeness (QED) is 0.318. The van der Waals surface area contributed by atoms with Crippen molar-refractivity contribution in [3.05, 3.63) is 35.6 Å². The number of halogens is 1. The Morgan fingerprint density at radius 3 is 2.85 bits per heavy atom. The minimum atomic E-state index is -0.334. The van der Waals surface area contributed by atoms with Crippen LogP contribution in [0.25, 0.3) is 0 Å². The monoisotopic (exact) mass is 380 g/mol. The predicted octanol–water partition coefficient (Wildman–Crippen LogP) is 0.845. The Morgan fingerprint density at radius 2 is 2.11 bits per heavy atom. The maximum absolute atomic E-state index is 13.1. The van der Waals surface area contributed by atoms with Crippen LogP contribution in [-0.4, -0.2) is 64.5 Å². The van der Waals surface area contributed by atoms with Crippen LogP contribution in [0.3, 0.4) is 0 Å². The Balaban J connectivity index is 1.50. The highest BCUT2D eigenvalue weighted by Crippen LogP contribution is 2.07. The van der Waals surface area contributed by atoms with E-state index in [1.807, 2.05) is 0 Å². The Morgan fingerprint density at radius 1 is 1.30 bits per heavy atom. The van der Waals surface area contributed by atoms with E-state index in [0.29, 0.717) is 37.8 Å². The second kappa shape index (κ2) is 12.2. The minimum absolute atomic E-state index is 0.140. The number of hydrogen-bond acceptors (Lipinski definition) is 4. The molecule has 0 spiro atoms. The number of guanidine groups is 1. The number of carbonyl (C=O) groups excluding carboxylic acids is 1. The van der Waals surface area contributed by atoms with Crippen molar-refractivity contribution in [3.63, 3.8) is 0 Å². The van der Waals surface area contributed by atoms with E-state index >= 15 is 0 Å². The van der Waals surface area contributed by atoms with Crippen LogP contribution in [0, 0.1) is 5.82 Å². The highest BCUT2D eigenvalue weighted by Gasteiger charge is 2.15. The Labute approximate surface area is 159 Å². The Bertz CT molecular complexity index is 606. The molecule has 1 amide bonds. The molecule has 1 aromatic carbocycles. The number of hydrogen-bond donors (Lipinski definition) is 3. The summed E-state index contributed by atoms with van der Waals surface area (Å²) >= 11 is 0. The third-order valence-electron chi connectivity index (χ3n) is 4.07. The highest BCUT2D eigenvalue weighted by atomic mass is 19.1. The molecular formula is C19H29FN4O3. The van der Waals surface area contributed by atoms with Gasteiger partial charge in [0.25, 0.3) is 0 Å². The van der Waals surface area contributed by atoms with Gasteiger partial charge in [0.2, 0.25) is 5.91 Å². The fourth-order valence-electron chi connectivity index (χ4n) is 2.67. The molecule has 1 aromatic rings. The molecule has 1 unspecified atom stereocenters. The number of amides is 1. The molecule has 0 aliphatic carbocycles. The predicted molar refractivity (Wildman–Crippen MR) is 102 cm³/mol. The van der Waals surface area contributed by atoms with Crippen molar-refractivity contribution in [2.75, 3.05) is 46.5 Å². The van der Waals surface area contributed by atoms with Crippen molar-refractivity contribution in [2.45, 2.75) is 25.4 Å². The van der Waals surface area contributed by atoms with Crippen molar-refractivity contribution in [1.29, 1.82) is 0 Å². The fourth-order valence-corrected chi connectivity index (χ4v) is 2.67. The molecule has 0 bridgehead atoms. The molecule has 1 heterocycles. The van der Waals surface area contributed by atoms with Crippen LogP contribution in [-0.2, 0) is 20.7 Å². The molecule has 2 rings (SSSR count). The maximum Gasteiger partial charge on any atom is 0.224 e. The van der Waals surface area contributed by atoms with Gasteiger partial charge in [-0.05, 0) is 30.5 Å². The number of nitrogens with zero attached hydrogens (tertiary/aromatic N) is 1. The van der Waals surface area contributed by atoms with Gasteiger partial charge < -0.3 is 25.4 Å². The van der Waals surface area contributed by atoms with Crippen LogP contribution in [0.15, 0.2) is 29.3 Å². The summed E-state index contributed by atoms with van der Waals surface area (Å²) < 4.78 is 24.1. The van der Waals surface area contributed by atoms with Crippen LogP contribution in [0.1, 0.15) is 18.4 Å². The molecule has 1 saturated heterocycles. The highest BCUT2D eigenvalue weighted by molar-refractivity contribution is 5.80. The molecule has 8 heteroatoms. The van der Waals surface area contributed by atoms with Gasteiger partial charge in [0.15, 0.2) is 5.96 Å². The molecule has 0 saturated carbocycles. The lowest BCUT2D eigenvalue weighted by molar-refractivity contribution is -0.120. The summed E-state index contributed by atoms with van der Waals surface area (Å²) in [6.07, 6.45) is 2.25. The van der Waals surface area contributed by atoms with E-state index in [4.69, 9.17) is 9.47 Å². The second-order valence-corrected chi connectivity index (χ2v) is 6.29. The lowest BCUT2D eigenvalue weighted by Gasteiger charge is -2.13. The molecule has 1 aliphatic rings. The Hall–Kier alpha value is -2.19. The number of ether oxygens (including phenoxy) is 2. The summed E-state index contributed by atoms with van der Waals surface area (Å²) in [4.78, 5) is 16.0. The van der Waals surface area contributed by atoms with E-state index in [9.17, 15) is 9.18 Å². The molecule has 1 aliphatic heterocycles. The molecule has 1 atom stereocenters. The van der Waals surface area contributed by atoms with Crippen molar-refractivity contribution in [2.24, 2.45) is 4.99 Å².